The number of imidazole rings is 1. The van der Waals surface area contributed by atoms with Gasteiger partial charge in [0.05, 0.1) is 6.61 Å². The fourth-order valence-electron chi connectivity index (χ4n) is 2.31. The van der Waals surface area contributed by atoms with Gasteiger partial charge in [-0.3, -0.25) is 4.57 Å². The summed E-state index contributed by atoms with van der Waals surface area (Å²) in [5.41, 5.74) is 6.73. The fourth-order valence-corrected chi connectivity index (χ4v) is 2.31. The van der Waals surface area contributed by atoms with Crippen molar-refractivity contribution in [1.82, 2.24) is 19.5 Å². The van der Waals surface area contributed by atoms with Gasteiger partial charge in [0.15, 0.2) is 11.5 Å². The third-order valence-corrected chi connectivity index (χ3v) is 3.59. The first-order chi connectivity index (χ1) is 10.7. The number of nitrogens with one attached hydrogen (secondary N) is 1. The molecule has 0 aromatic carbocycles. The van der Waals surface area contributed by atoms with Gasteiger partial charge in [-0.1, -0.05) is 39.5 Å². The molecule has 0 saturated heterocycles. The summed E-state index contributed by atoms with van der Waals surface area (Å²) in [6, 6.07) is 0.236. The van der Waals surface area contributed by atoms with Gasteiger partial charge < -0.3 is 15.5 Å². The van der Waals surface area contributed by atoms with Crippen molar-refractivity contribution in [3.63, 3.8) is 0 Å². The van der Waals surface area contributed by atoms with Crippen molar-refractivity contribution in [1.29, 1.82) is 0 Å². The van der Waals surface area contributed by atoms with Crippen LogP contribution in [0.25, 0.3) is 11.2 Å². The number of aromatic nitrogens is 4. The Morgan fingerprint density at radius 2 is 1.91 bits per heavy atom. The largest absolute Gasteiger partial charge is 0.463 e. The third-order valence-electron chi connectivity index (χ3n) is 3.59. The number of unbranched alkanes of at least 4 members (excludes halogenated alkanes) is 4. The number of rotatable bonds is 9. The van der Waals surface area contributed by atoms with Crippen LogP contribution in [0.15, 0.2) is 4.79 Å². The number of aromatic amines is 1. The SMILES string of the molecule is CCCCCCn1c(=O)[nH]c2c(N)nc(OCCCC)nc21. The fraction of sp³-hybridized carbons (Fsp3) is 0.667. The van der Waals surface area contributed by atoms with Crippen molar-refractivity contribution in [2.45, 2.75) is 58.9 Å². The average Bonchev–Trinajstić information content (AvgIpc) is 2.81. The maximum atomic E-state index is 12.1. The monoisotopic (exact) mass is 307 g/mol. The van der Waals surface area contributed by atoms with E-state index in [1.54, 1.807) is 4.57 Å². The second-order valence-electron chi connectivity index (χ2n) is 5.43. The number of ether oxygens (including phenoxy) is 1. The quantitative estimate of drug-likeness (QED) is 0.693. The van der Waals surface area contributed by atoms with Crippen molar-refractivity contribution in [2.75, 3.05) is 12.3 Å². The van der Waals surface area contributed by atoms with Crippen LogP contribution in [0.3, 0.4) is 0 Å². The Balaban J connectivity index is 2.23. The normalized spacial score (nSPS) is 11.2. The molecular weight excluding hydrogens is 282 g/mol. The summed E-state index contributed by atoms with van der Waals surface area (Å²) in [4.78, 5) is 23.2. The lowest BCUT2D eigenvalue weighted by molar-refractivity contribution is 0.286. The molecule has 0 radical (unpaired) electrons. The average molecular weight is 307 g/mol. The maximum Gasteiger partial charge on any atom is 0.327 e. The second-order valence-corrected chi connectivity index (χ2v) is 5.43. The molecule has 22 heavy (non-hydrogen) atoms. The minimum absolute atomic E-state index is 0.196. The zero-order chi connectivity index (χ0) is 15.9. The molecule has 0 spiro atoms. The molecule has 122 valence electrons. The van der Waals surface area contributed by atoms with Crippen LogP contribution in [0, 0.1) is 0 Å². The van der Waals surface area contributed by atoms with Crippen LogP contribution in [0.2, 0.25) is 0 Å². The molecule has 0 atom stereocenters. The minimum Gasteiger partial charge on any atom is -0.463 e. The van der Waals surface area contributed by atoms with E-state index in [-0.39, 0.29) is 17.5 Å². The second kappa shape index (κ2) is 7.82. The van der Waals surface area contributed by atoms with Gasteiger partial charge in [0.25, 0.3) is 0 Å². The molecule has 0 bridgehead atoms. The van der Waals surface area contributed by atoms with Gasteiger partial charge in [-0.15, -0.1) is 0 Å². The molecule has 2 rings (SSSR count). The van der Waals surface area contributed by atoms with Gasteiger partial charge in [-0.2, -0.15) is 9.97 Å². The molecule has 0 amide bonds. The first-order valence-corrected chi connectivity index (χ1v) is 8.06. The van der Waals surface area contributed by atoms with Gasteiger partial charge in [-0.25, -0.2) is 4.79 Å². The smallest absolute Gasteiger partial charge is 0.327 e. The molecule has 2 heterocycles. The van der Waals surface area contributed by atoms with Crippen LogP contribution < -0.4 is 16.2 Å². The molecular formula is C15H25N5O2. The van der Waals surface area contributed by atoms with Gasteiger partial charge in [0.2, 0.25) is 0 Å². The first kappa shape index (κ1) is 16.3. The number of H-pyrrole nitrogens is 1. The van der Waals surface area contributed by atoms with Crippen molar-refractivity contribution >= 4 is 17.0 Å². The van der Waals surface area contributed by atoms with Crippen molar-refractivity contribution < 1.29 is 4.74 Å². The summed E-state index contributed by atoms with van der Waals surface area (Å²) in [6.45, 7) is 5.42. The predicted octanol–water partition coefficient (Wildman–Crippen LogP) is 2.46. The Hall–Kier alpha value is -2.05. The topological polar surface area (TPSA) is 98.8 Å². The number of nitrogens with two attached hydrogens (primary N) is 1. The summed E-state index contributed by atoms with van der Waals surface area (Å²) < 4.78 is 7.13. The van der Waals surface area contributed by atoms with E-state index in [2.05, 4.69) is 28.8 Å². The zero-order valence-electron chi connectivity index (χ0n) is 13.4. The van der Waals surface area contributed by atoms with E-state index in [1.165, 1.54) is 6.42 Å². The number of fused-ring (bicyclic) bond motifs is 1. The van der Waals surface area contributed by atoms with Crippen LogP contribution in [0.1, 0.15) is 52.4 Å². The molecule has 7 heteroatoms. The minimum atomic E-state index is -0.196. The van der Waals surface area contributed by atoms with Crippen LogP contribution in [-0.2, 0) is 6.54 Å². The summed E-state index contributed by atoms with van der Waals surface area (Å²) in [5.74, 6) is 0.251. The molecule has 7 nitrogen and oxygen atoms in total. The van der Waals surface area contributed by atoms with E-state index in [1.807, 2.05) is 0 Å². The highest BCUT2D eigenvalue weighted by Crippen LogP contribution is 2.18. The van der Waals surface area contributed by atoms with E-state index in [9.17, 15) is 4.79 Å². The van der Waals surface area contributed by atoms with Gasteiger partial charge in [0, 0.05) is 6.54 Å². The number of anilines is 1. The van der Waals surface area contributed by atoms with Crippen LogP contribution in [0.5, 0.6) is 6.01 Å². The van der Waals surface area contributed by atoms with Gasteiger partial charge in [-0.05, 0) is 12.8 Å². The highest BCUT2D eigenvalue weighted by atomic mass is 16.5. The Kier molecular flexibility index (Phi) is 5.80. The Morgan fingerprint density at radius 1 is 1.14 bits per heavy atom. The number of hydrogen-bond acceptors (Lipinski definition) is 5. The van der Waals surface area contributed by atoms with Gasteiger partial charge >= 0.3 is 11.7 Å². The van der Waals surface area contributed by atoms with Crippen molar-refractivity contribution in [3.05, 3.63) is 10.5 Å². The summed E-state index contributed by atoms with van der Waals surface area (Å²) in [5, 5.41) is 0. The standard InChI is InChI=1S/C15H25N5O2/c1-3-5-7-8-9-20-13-11(17-15(20)21)12(16)18-14(19-13)22-10-6-4-2/h3-10H2,1-2H3,(H,17,21)(H2,16,18,19). The molecule has 0 saturated carbocycles. The molecule has 0 aliphatic heterocycles. The summed E-state index contributed by atoms with van der Waals surface area (Å²) in [7, 11) is 0. The van der Waals surface area contributed by atoms with Crippen molar-refractivity contribution in [2.24, 2.45) is 0 Å². The maximum absolute atomic E-state index is 12.1. The number of aryl methyl sites for hydroxylation is 1. The molecule has 2 aromatic rings. The predicted molar refractivity (Wildman–Crippen MR) is 87.1 cm³/mol. The van der Waals surface area contributed by atoms with Crippen LogP contribution >= 0.6 is 0 Å². The van der Waals surface area contributed by atoms with E-state index in [0.29, 0.717) is 24.3 Å². The lowest BCUT2D eigenvalue weighted by atomic mass is 10.2. The molecule has 3 N–H and O–H groups in total. The highest BCUT2D eigenvalue weighted by molar-refractivity contribution is 5.81. The summed E-state index contributed by atoms with van der Waals surface area (Å²) >= 11 is 0. The number of nitrogens with zero attached hydrogens (tertiary/aromatic N) is 3. The van der Waals surface area contributed by atoms with E-state index < -0.39 is 0 Å². The molecule has 0 aliphatic carbocycles. The Labute approximate surface area is 129 Å². The molecule has 0 fully saturated rings. The van der Waals surface area contributed by atoms with E-state index in [4.69, 9.17) is 10.5 Å². The lowest BCUT2D eigenvalue weighted by Crippen LogP contribution is -2.17. The van der Waals surface area contributed by atoms with Crippen LogP contribution in [0.4, 0.5) is 5.82 Å². The first-order valence-electron chi connectivity index (χ1n) is 8.06. The summed E-state index contributed by atoms with van der Waals surface area (Å²) in [6.07, 6.45) is 6.32. The lowest BCUT2D eigenvalue weighted by Gasteiger charge is -2.06. The van der Waals surface area contributed by atoms with Gasteiger partial charge in [0.1, 0.15) is 5.52 Å². The molecule has 0 unspecified atom stereocenters. The van der Waals surface area contributed by atoms with Crippen molar-refractivity contribution in [3.8, 4) is 6.01 Å². The zero-order valence-corrected chi connectivity index (χ0v) is 13.4. The molecule has 0 aliphatic rings. The number of hydrogen-bond donors (Lipinski definition) is 2. The number of nitrogen functional groups attached to an aromatic ring is 1. The Bertz CT molecular complexity index is 662. The van der Waals surface area contributed by atoms with E-state index >= 15 is 0 Å². The highest BCUT2D eigenvalue weighted by Gasteiger charge is 2.14. The third kappa shape index (κ3) is 3.78. The van der Waals surface area contributed by atoms with E-state index in [0.717, 1.165) is 32.1 Å². The molecule has 2 aromatic heterocycles. The van der Waals surface area contributed by atoms with Crippen LogP contribution in [-0.4, -0.2) is 26.1 Å². The Morgan fingerprint density at radius 3 is 2.64 bits per heavy atom.